The number of rotatable bonds is 8. The van der Waals surface area contributed by atoms with Crippen molar-refractivity contribution in [3.8, 4) is 0 Å². The predicted octanol–water partition coefficient (Wildman–Crippen LogP) is 3.59. The second-order valence-electron chi connectivity index (χ2n) is 8.02. The number of benzene rings is 2. The van der Waals surface area contributed by atoms with Crippen molar-refractivity contribution in [1.29, 1.82) is 0 Å². The lowest BCUT2D eigenvalue weighted by molar-refractivity contribution is 0.559. The highest BCUT2D eigenvalue weighted by Crippen LogP contribution is 2.27. The first kappa shape index (κ1) is 22.9. The first-order chi connectivity index (χ1) is 13.7. The molecule has 0 aliphatic heterocycles. The molecule has 0 heterocycles. The van der Waals surface area contributed by atoms with Crippen molar-refractivity contribution in [3.05, 3.63) is 71.8 Å². The molecule has 0 fully saturated rings. The molecule has 5 nitrogen and oxygen atoms in total. The van der Waals surface area contributed by atoms with Crippen molar-refractivity contribution in [2.45, 2.75) is 37.9 Å². The van der Waals surface area contributed by atoms with Crippen LogP contribution in [-0.4, -0.2) is 45.0 Å². The predicted molar refractivity (Wildman–Crippen MR) is 122 cm³/mol. The summed E-state index contributed by atoms with van der Waals surface area (Å²) in [7, 11) is -1.46. The van der Waals surface area contributed by atoms with Gasteiger partial charge in [0.2, 0.25) is 0 Å². The molecule has 0 saturated heterocycles. The fourth-order valence-electron chi connectivity index (χ4n) is 3.06. The largest absolute Gasteiger partial charge is 0.356 e. The third-order valence-electron chi connectivity index (χ3n) is 4.95. The van der Waals surface area contributed by atoms with Crippen molar-refractivity contribution >= 4 is 15.8 Å². The SMILES string of the molecule is CN=C(NCCC(c1ccccc1)c1ccccc1)NCCS(=O)(=O)C(C)(C)C. The fourth-order valence-corrected chi connectivity index (χ4v) is 4.05. The van der Waals surface area contributed by atoms with Gasteiger partial charge in [0.15, 0.2) is 15.8 Å². The number of aliphatic imine (C=N–C) groups is 1. The molecule has 0 amide bonds. The molecule has 0 unspecified atom stereocenters. The summed E-state index contributed by atoms with van der Waals surface area (Å²) in [5, 5.41) is 6.42. The molecule has 0 aliphatic rings. The fraction of sp³-hybridized carbons (Fsp3) is 0.435. The Balaban J connectivity index is 1.93. The van der Waals surface area contributed by atoms with Crippen LogP contribution in [0.25, 0.3) is 0 Å². The Morgan fingerprint density at radius 2 is 1.38 bits per heavy atom. The normalized spacial score (nSPS) is 12.8. The average molecular weight is 416 g/mol. The quantitative estimate of drug-likeness (QED) is 0.511. The van der Waals surface area contributed by atoms with Gasteiger partial charge >= 0.3 is 0 Å². The second kappa shape index (κ2) is 10.4. The van der Waals surface area contributed by atoms with Crippen LogP contribution < -0.4 is 10.6 Å². The van der Waals surface area contributed by atoms with Gasteiger partial charge in [-0.05, 0) is 38.3 Å². The highest BCUT2D eigenvalue weighted by Gasteiger charge is 2.28. The van der Waals surface area contributed by atoms with Crippen LogP contribution in [0.4, 0.5) is 0 Å². The summed E-state index contributed by atoms with van der Waals surface area (Å²) >= 11 is 0. The van der Waals surface area contributed by atoms with Crippen molar-refractivity contribution in [2.75, 3.05) is 25.9 Å². The molecule has 0 aromatic heterocycles. The van der Waals surface area contributed by atoms with Gasteiger partial charge in [-0.1, -0.05) is 60.7 Å². The lowest BCUT2D eigenvalue weighted by Crippen LogP contribution is -2.42. The molecule has 2 rings (SSSR count). The Labute approximate surface area is 175 Å². The zero-order chi connectivity index (χ0) is 21.3. The summed E-state index contributed by atoms with van der Waals surface area (Å²) in [5.41, 5.74) is 2.56. The van der Waals surface area contributed by atoms with Crippen LogP contribution in [0.3, 0.4) is 0 Å². The summed E-state index contributed by atoms with van der Waals surface area (Å²) in [6.45, 7) is 6.23. The minimum absolute atomic E-state index is 0.0772. The number of hydrogen-bond donors (Lipinski definition) is 2. The van der Waals surface area contributed by atoms with Crippen LogP contribution in [0.1, 0.15) is 44.2 Å². The first-order valence-corrected chi connectivity index (χ1v) is 11.7. The molecule has 2 aromatic carbocycles. The number of guanidine groups is 1. The van der Waals surface area contributed by atoms with Crippen LogP contribution in [0.5, 0.6) is 0 Å². The monoisotopic (exact) mass is 415 g/mol. The Hall–Kier alpha value is -2.34. The van der Waals surface area contributed by atoms with Gasteiger partial charge in [0.1, 0.15) is 0 Å². The zero-order valence-electron chi connectivity index (χ0n) is 17.9. The molecule has 0 atom stereocenters. The topological polar surface area (TPSA) is 70.6 Å². The van der Waals surface area contributed by atoms with Gasteiger partial charge in [-0.2, -0.15) is 0 Å². The number of nitrogens with zero attached hydrogens (tertiary/aromatic N) is 1. The minimum Gasteiger partial charge on any atom is -0.356 e. The highest BCUT2D eigenvalue weighted by molar-refractivity contribution is 7.92. The third kappa shape index (κ3) is 6.89. The molecule has 0 spiro atoms. The van der Waals surface area contributed by atoms with Crippen molar-refractivity contribution in [1.82, 2.24) is 10.6 Å². The zero-order valence-corrected chi connectivity index (χ0v) is 18.7. The van der Waals surface area contributed by atoms with Crippen LogP contribution >= 0.6 is 0 Å². The van der Waals surface area contributed by atoms with Crippen LogP contribution in [-0.2, 0) is 9.84 Å². The lowest BCUT2D eigenvalue weighted by atomic mass is 9.88. The maximum Gasteiger partial charge on any atom is 0.191 e. The Bertz CT molecular complexity index is 834. The van der Waals surface area contributed by atoms with Crippen LogP contribution in [0.2, 0.25) is 0 Å². The van der Waals surface area contributed by atoms with E-state index in [9.17, 15) is 8.42 Å². The minimum atomic E-state index is -3.15. The highest BCUT2D eigenvalue weighted by atomic mass is 32.2. The second-order valence-corrected chi connectivity index (χ2v) is 10.9. The summed E-state index contributed by atoms with van der Waals surface area (Å²) in [6.07, 6.45) is 0.898. The molecule has 0 bridgehead atoms. The molecular formula is C23H33N3O2S. The summed E-state index contributed by atoms with van der Waals surface area (Å²) in [4.78, 5) is 4.21. The Morgan fingerprint density at radius 1 is 0.897 bits per heavy atom. The van der Waals surface area contributed by atoms with E-state index in [0.29, 0.717) is 12.5 Å². The van der Waals surface area contributed by atoms with Gasteiger partial charge in [-0.3, -0.25) is 4.99 Å². The number of nitrogens with one attached hydrogen (secondary N) is 2. The Kier molecular flexibility index (Phi) is 8.26. The van der Waals surface area contributed by atoms with E-state index in [4.69, 9.17) is 0 Å². The smallest absolute Gasteiger partial charge is 0.191 e. The van der Waals surface area contributed by atoms with Crippen molar-refractivity contribution < 1.29 is 8.42 Å². The molecule has 158 valence electrons. The van der Waals surface area contributed by atoms with E-state index in [-0.39, 0.29) is 11.7 Å². The standard InChI is InChI=1S/C23H33N3O2S/c1-23(2,3)29(27,28)18-17-26-22(24-4)25-16-15-21(19-11-7-5-8-12-19)20-13-9-6-10-14-20/h5-14,21H,15-18H2,1-4H3,(H2,24,25,26). The maximum absolute atomic E-state index is 12.2. The van der Waals surface area contributed by atoms with Gasteiger partial charge in [-0.15, -0.1) is 0 Å². The van der Waals surface area contributed by atoms with Gasteiger partial charge in [0.25, 0.3) is 0 Å². The molecule has 6 heteroatoms. The molecule has 0 radical (unpaired) electrons. The third-order valence-corrected chi connectivity index (χ3v) is 7.56. The van der Waals surface area contributed by atoms with Crippen molar-refractivity contribution in [2.24, 2.45) is 4.99 Å². The van der Waals surface area contributed by atoms with E-state index >= 15 is 0 Å². The van der Waals surface area contributed by atoms with E-state index in [1.54, 1.807) is 27.8 Å². The molecule has 2 aromatic rings. The molecule has 2 N–H and O–H groups in total. The van der Waals surface area contributed by atoms with E-state index in [2.05, 4.69) is 64.2 Å². The van der Waals surface area contributed by atoms with Crippen LogP contribution in [0, 0.1) is 0 Å². The first-order valence-electron chi connectivity index (χ1n) is 10.0. The summed E-state index contributed by atoms with van der Waals surface area (Å²) in [5.74, 6) is 0.978. The molecule has 0 aliphatic carbocycles. The molecule has 0 saturated carbocycles. The average Bonchev–Trinajstić information content (AvgIpc) is 2.70. The van der Waals surface area contributed by atoms with Crippen molar-refractivity contribution in [3.63, 3.8) is 0 Å². The van der Waals surface area contributed by atoms with E-state index in [0.717, 1.165) is 13.0 Å². The van der Waals surface area contributed by atoms with E-state index in [1.807, 2.05) is 12.1 Å². The number of hydrogen-bond acceptors (Lipinski definition) is 3. The molecular weight excluding hydrogens is 382 g/mol. The van der Waals surface area contributed by atoms with E-state index in [1.165, 1.54) is 11.1 Å². The van der Waals surface area contributed by atoms with Gasteiger partial charge in [-0.25, -0.2) is 8.42 Å². The maximum atomic E-state index is 12.2. The Morgan fingerprint density at radius 3 is 1.83 bits per heavy atom. The molecule has 29 heavy (non-hydrogen) atoms. The lowest BCUT2D eigenvalue weighted by Gasteiger charge is -2.21. The number of sulfone groups is 1. The van der Waals surface area contributed by atoms with Gasteiger partial charge < -0.3 is 10.6 Å². The van der Waals surface area contributed by atoms with Gasteiger partial charge in [0, 0.05) is 26.1 Å². The van der Waals surface area contributed by atoms with Gasteiger partial charge in [0.05, 0.1) is 10.5 Å². The van der Waals surface area contributed by atoms with Crippen LogP contribution in [0.15, 0.2) is 65.7 Å². The summed E-state index contributed by atoms with van der Waals surface area (Å²) < 4.78 is 23.7. The van der Waals surface area contributed by atoms with E-state index < -0.39 is 14.6 Å². The summed E-state index contributed by atoms with van der Waals surface area (Å²) in [6, 6.07) is 20.9.